The van der Waals surface area contributed by atoms with Gasteiger partial charge in [0, 0.05) is 48.7 Å². The molecular weight excluding hydrogens is 506 g/mol. The van der Waals surface area contributed by atoms with E-state index in [2.05, 4.69) is 15.3 Å². The fraction of sp³-hybridized carbons (Fsp3) is 0.393. The van der Waals surface area contributed by atoms with Crippen LogP contribution in [0.15, 0.2) is 42.1 Å². The van der Waals surface area contributed by atoms with Crippen molar-refractivity contribution in [2.45, 2.75) is 44.8 Å². The second-order valence-corrected chi connectivity index (χ2v) is 10.4. The van der Waals surface area contributed by atoms with Crippen LogP contribution in [0.2, 0.25) is 5.02 Å². The van der Waals surface area contributed by atoms with Gasteiger partial charge in [-0.2, -0.15) is 0 Å². The number of aliphatic hydroxyl groups excluding tert-OH is 1. The summed E-state index contributed by atoms with van der Waals surface area (Å²) in [6.07, 6.45) is 2.21. The third-order valence-corrected chi connectivity index (χ3v) is 7.51. The fourth-order valence-electron chi connectivity index (χ4n) is 5.17. The molecule has 2 fully saturated rings. The first-order valence-electron chi connectivity index (χ1n) is 12.9. The van der Waals surface area contributed by atoms with Crippen LogP contribution in [0.1, 0.15) is 63.8 Å². The molecule has 38 heavy (non-hydrogen) atoms. The highest BCUT2D eigenvalue weighted by Gasteiger charge is 2.28. The number of likely N-dealkylation sites (tertiary alicyclic amines) is 2. The van der Waals surface area contributed by atoms with Gasteiger partial charge in [0.15, 0.2) is 0 Å². The molecule has 0 bridgehead atoms. The number of benzene rings is 2. The zero-order chi connectivity index (χ0) is 26.8. The number of imidazole rings is 1. The lowest BCUT2D eigenvalue weighted by Gasteiger charge is -2.23. The van der Waals surface area contributed by atoms with Gasteiger partial charge in [-0.15, -0.1) is 0 Å². The molecule has 3 heterocycles. The van der Waals surface area contributed by atoms with Gasteiger partial charge in [0.2, 0.25) is 0 Å². The molecule has 2 aliphatic heterocycles. The van der Waals surface area contributed by atoms with Crippen LogP contribution in [0, 0.1) is 6.92 Å². The summed E-state index contributed by atoms with van der Waals surface area (Å²) in [5.74, 6) is 2.10. The highest BCUT2D eigenvalue weighted by molar-refractivity contribution is 6.31. The number of H-pyrrole nitrogens is 1. The summed E-state index contributed by atoms with van der Waals surface area (Å²) in [5.41, 5.74) is 3.46. The summed E-state index contributed by atoms with van der Waals surface area (Å²) < 4.78 is 0. The van der Waals surface area contributed by atoms with Gasteiger partial charge >= 0.3 is 0 Å². The van der Waals surface area contributed by atoms with Crippen molar-refractivity contribution < 1.29 is 19.5 Å². The average molecular weight is 536 g/mol. The molecule has 0 radical (unpaired) electrons. The Labute approximate surface area is 225 Å². The second kappa shape index (κ2) is 11.0. The third kappa shape index (κ3) is 5.45. The molecule has 198 valence electrons. The van der Waals surface area contributed by atoms with Crippen LogP contribution >= 0.6 is 11.6 Å². The van der Waals surface area contributed by atoms with Crippen LogP contribution in [0.5, 0.6) is 0 Å². The van der Waals surface area contributed by atoms with E-state index < -0.39 is 12.1 Å². The van der Waals surface area contributed by atoms with E-state index in [-0.39, 0.29) is 18.2 Å². The third-order valence-electron chi connectivity index (χ3n) is 7.27. The number of β-amino-alcohol motifs (C(OH)–C–C–N with tert-alkyl or cyclic N) is 1. The highest BCUT2D eigenvalue weighted by Crippen LogP contribution is 2.27. The van der Waals surface area contributed by atoms with Crippen LogP contribution in [-0.4, -0.2) is 74.9 Å². The van der Waals surface area contributed by atoms with Gasteiger partial charge in [-0.25, -0.2) is 9.78 Å². The van der Waals surface area contributed by atoms with Crippen molar-refractivity contribution in [3.8, 4) is 0 Å². The maximum atomic E-state index is 13.4. The Kier molecular flexibility index (Phi) is 7.51. The number of nitrogens with zero attached hydrogens (tertiary/aromatic N) is 3. The van der Waals surface area contributed by atoms with E-state index in [1.54, 1.807) is 41.3 Å². The van der Waals surface area contributed by atoms with Crippen LogP contribution in [-0.2, 0) is 4.79 Å². The second-order valence-electron chi connectivity index (χ2n) is 9.98. The van der Waals surface area contributed by atoms with Crippen LogP contribution < -0.4 is 5.32 Å². The number of aryl methyl sites for hydroxylation is 1. The van der Waals surface area contributed by atoms with E-state index in [1.165, 1.54) is 0 Å². The molecule has 2 saturated heterocycles. The summed E-state index contributed by atoms with van der Waals surface area (Å²) in [7, 11) is 0. The molecule has 2 atom stereocenters. The number of carbonyl (C=O) groups excluding carboxylic acids is 3. The maximum absolute atomic E-state index is 13.4. The summed E-state index contributed by atoms with van der Waals surface area (Å²) in [4.78, 5) is 49.7. The topological polar surface area (TPSA) is 119 Å². The van der Waals surface area contributed by atoms with E-state index in [1.807, 2.05) is 17.8 Å². The first kappa shape index (κ1) is 26.0. The number of hydrogen-bond acceptors (Lipinski definition) is 6. The van der Waals surface area contributed by atoms with Crippen LogP contribution in [0.3, 0.4) is 0 Å². The quantitative estimate of drug-likeness (QED) is 0.399. The minimum atomic E-state index is -0.672. The van der Waals surface area contributed by atoms with Gasteiger partial charge in [-0.3, -0.25) is 9.59 Å². The molecule has 0 saturated carbocycles. The van der Waals surface area contributed by atoms with E-state index in [0.29, 0.717) is 52.7 Å². The molecule has 5 rings (SSSR count). The van der Waals surface area contributed by atoms with E-state index in [9.17, 15) is 19.5 Å². The first-order chi connectivity index (χ1) is 18.3. The Morgan fingerprint density at radius 1 is 1.18 bits per heavy atom. The lowest BCUT2D eigenvalue weighted by Crippen LogP contribution is -2.32. The molecule has 10 heteroatoms. The highest BCUT2D eigenvalue weighted by atomic mass is 35.5. The number of aliphatic hydroxyl groups is 1. The van der Waals surface area contributed by atoms with Crippen molar-refractivity contribution >= 4 is 40.4 Å². The predicted octanol–water partition coefficient (Wildman–Crippen LogP) is 3.40. The lowest BCUT2D eigenvalue weighted by atomic mass is 10.0. The molecule has 1 unspecified atom stereocenters. The molecule has 0 spiro atoms. The molecule has 9 nitrogen and oxygen atoms in total. The van der Waals surface area contributed by atoms with Crippen molar-refractivity contribution in [3.05, 3.63) is 69.6 Å². The van der Waals surface area contributed by atoms with Gasteiger partial charge in [0.25, 0.3) is 11.8 Å². The number of halogens is 1. The van der Waals surface area contributed by atoms with Crippen molar-refractivity contribution in [2.75, 3.05) is 26.2 Å². The standard InChI is InChI=1S/C28H30ClN5O4/c1-17-12-18(4-6-22(17)28(38)33-9-2-3-10-33)27(37)32-25(14-20(16-35)34-11-8-21(36)15-34)26-30-23-7-5-19(29)13-24(23)31-26/h4-7,12-13,21,25,36H,2-3,8-11,14-15H2,1H3,(H,30,31)(H,32,37)/t21?,25-/m0/s1. The van der Waals surface area contributed by atoms with Crippen LogP contribution in [0.25, 0.3) is 11.0 Å². The number of nitrogens with one attached hydrogen (secondary N) is 2. The maximum Gasteiger partial charge on any atom is 0.254 e. The number of aromatic amines is 1. The zero-order valence-electron chi connectivity index (χ0n) is 21.2. The lowest BCUT2D eigenvalue weighted by molar-refractivity contribution is 0.0791. The number of amides is 2. The molecule has 3 aromatic rings. The fourth-order valence-corrected chi connectivity index (χ4v) is 5.34. The minimum Gasteiger partial charge on any atom is -0.391 e. The number of carbonyl (C=O) groups is 2. The average Bonchev–Trinajstić information content (AvgIpc) is 3.67. The molecule has 2 aliphatic rings. The Morgan fingerprint density at radius 3 is 2.66 bits per heavy atom. The van der Waals surface area contributed by atoms with Gasteiger partial charge in [-0.1, -0.05) is 11.6 Å². The molecular formula is C28H30ClN5O4. The Morgan fingerprint density at radius 2 is 1.97 bits per heavy atom. The molecule has 2 amide bonds. The number of hydrogen-bond donors (Lipinski definition) is 3. The summed E-state index contributed by atoms with van der Waals surface area (Å²) in [6.45, 7) is 4.21. The van der Waals surface area contributed by atoms with Crippen molar-refractivity contribution in [1.82, 2.24) is 25.1 Å². The van der Waals surface area contributed by atoms with Gasteiger partial charge < -0.3 is 25.2 Å². The first-order valence-corrected chi connectivity index (χ1v) is 13.2. The minimum absolute atomic E-state index is 0.0145. The van der Waals surface area contributed by atoms with Gasteiger partial charge in [0.1, 0.15) is 17.5 Å². The van der Waals surface area contributed by atoms with E-state index in [4.69, 9.17) is 11.6 Å². The normalized spacial score (nSPS) is 18.0. The SMILES string of the molecule is Cc1cc(C(=O)N[C@@H](CC(=C=O)N2CCC(O)C2)c2nc3cc(Cl)ccc3[nH]2)ccc1C(=O)N1CCCC1. The van der Waals surface area contributed by atoms with E-state index in [0.717, 1.165) is 37.0 Å². The molecule has 0 aliphatic carbocycles. The van der Waals surface area contributed by atoms with Crippen LogP contribution in [0.4, 0.5) is 0 Å². The van der Waals surface area contributed by atoms with Crippen molar-refractivity contribution in [2.24, 2.45) is 0 Å². The zero-order valence-corrected chi connectivity index (χ0v) is 21.9. The number of rotatable bonds is 7. The summed E-state index contributed by atoms with van der Waals surface area (Å²) in [5, 5.41) is 13.5. The smallest absolute Gasteiger partial charge is 0.254 e. The molecule has 3 N–H and O–H groups in total. The molecule has 2 aromatic carbocycles. The van der Waals surface area contributed by atoms with E-state index >= 15 is 0 Å². The monoisotopic (exact) mass is 535 g/mol. The number of aromatic nitrogens is 2. The molecule has 1 aromatic heterocycles. The predicted molar refractivity (Wildman–Crippen MR) is 144 cm³/mol. The van der Waals surface area contributed by atoms with Gasteiger partial charge in [-0.05, 0) is 68.1 Å². The summed E-state index contributed by atoms with van der Waals surface area (Å²) >= 11 is 6.13. The Bertz CT molecular complexity index is 1420. The Hall–Kier alpha value is -3.65. The van der Waals surface area contributed by atoms with Crippen molar-refractivity contribution in [1.29, 1.82) is 0 Å². The van der Waals surface area contributed by atoms with Crippen molar-refractivity contribution in [3.63, 3.8) is 0 Å². The number of fused-ring (bicyclic) bond motifs is 1. The largest absolute Gasteiger partial charge is 0.391 e. The Balaban J connectivity index is 1.40. The summed E-state index contributed by atoms with van der Waals surface area (Å²) in [6, 6.07) is 9.66. The van der Waals surface area contributed by atoms with Gasteiger partial charge in [0.05, 0.1) is 23.2 Å².